The summed E-state index contributed by atoms with van der Waals surface area (Å²) in [6.45, 7) is 6.78. The highest BCUT2D eigenvalue weighted by Gasteiger charge is 2.02. The van der Waals surface area contributed by atoms with Gasteiger partial charge in [-0.2, -0.15) is 0 Å². The number of amides is 1. The molecule has 0 aliphatic carbocycles. The summed E-state index contributed by atoms with van der Waals surface area (Å²) in [5.41, 5.74) is 3.50. The molecule has 1 rings (SSSR count). The summed E-state index contributed by atoms with van der Waals surface area (Å²) in [5.74, 6) is 0. The maximum Gasteiger partial charge on any atom is 0.407 e. The first-order valence-electron chi connectivity index (χ1n) is 5.10. The Balaban J connectivity index is 2.57. The molecule has 0 unspecified atom stereocenters. The number of alkyl carbamates (subject to hydrolysis) is 1. The molecule has 0 heterocycles. The fourth-order valence-electron chi connectivity index (χ4n) is 1.34. The lowest BCUT2D eigenvalue weighted by molar-refractivity contribution is 0.151. The Morgan fingerprint density at radius 3 is 2.80 bits per heavy atom. The van der Waals surface area contributed by atoms with E-state index in [1.165, 1.54) is 11.1 Å². The molecule has 0 saturated carbocycles. The number of nitrogens with one attached hydrogen (secondary N) is 1. The molecule has 0 fully saturated rings. The second-order valence-electron chi connectivity index (χ2n) is 3.50. The highest BCUT2D eigenvalue weighted by atomic mass is 16.5. The first-order chi connectivity index (χ1) is 7.13. The van der Waals surface area contributed by atoms with Gasteiger partial charge in [-0.1, -0.05) is 23.8 Å². The summed E-state index contributed by atoms with van der Waals surface area (Å²) in [6.07, 6.45) is -0.363. The molecule has 1 N–H and O–H groups in total. The van der Waals surface area contributed by atoms with E-state index in [2.05, 4.69) is 23.5 Å². The second kappa shape index (κ2) is 5.39. The monoisotopic (exact) mass is 207 g/mol. The maximum absolute atomic E-state index is 11.1. The van der Waals surface area contributed by atoms with Crippen LogP contribution in [0.2, 0.25) is 0 Å². The number of hydrogen-bond acceptors (Lipinski definition) is 2. The number of ether oxygens (including phenoxy) is 1. The van der Waals surface area contributed by atoms with Crippen molar-refractivity contribution < 1.29 is 9.53 Å². The lowest BCUT2D eigenvalue weighted by Crippen LogP contribution is -2.24. The molecule has 1 aromatic rings. The summed E-state index contributed by atoms with van der Waals surface area (Å²) in [6, 6.07) is 6.18. The van der Waals surface area contributed by atoms with Crippen molar-refractivity contribution in [3.63, 3.8) is 0 Å². The van der Waals surface area contributed by atoms with Crippen molar-refractivity contribution in [1.82, 2.24) is 5.32 Å². The third kappa shape index (κ3) is 3.62. The van der Waals surface area contributed by atoms with Crippen LogP contribution in [0.1, 0.15) is 23.6 Å². The van der Waals surface area contributed by atoms with Gasteiger partial charge in [-0.3, -0.25) is 0 Å². The lowest BCUT2D eigenvalue weighted by Gasteiger charge is -2.08. The lowest BCUT2D eigenvalue weighted by atomic mass is 10.1. The molecule has 0 radical (unpaired) electrons. The fraction of sp³-hybridized carbons (Fsp3) is 0.417. The van der Waals surface area contributed by atoms with Crippen molar-refractivity contribution in [3.05, 3.63) is 34.9 Å². The van der Waals surface area contributed by atoms with Crippen molar-refractivity contribution in [2.75, 3.05) is 6.61 Å². The molecule has 1 aromatic carbocycles. The molecule has 1 amide bonds. The average Bonchev–Trinajstić information content (AvgIpc) is 2.20. The average molecular weight is 207 g/mol. The zero-order valence-electron chi connectivity index (χ0n) is 9.46. The van der Waals surface area contributed by atoms with Gasteiger partial charge in [-0.05, 0) is 31.9 Å². The Hall–Kier alpha value is -1.51. The molecular formula is C12H17NO2. The molecule has 3 heteroatoms. The Morgan fingerprint density at radius 2 is 2.13 bits per heavy atom. The molecule has 82 valence electrons. The van der Waals surface area contributed by atoms with E-state index < -0.39 is 0 Å². The predicted molar refractivity (Wildman–Crippen MR) is 59.8 cm³/mol. The summed E-state index contributed by atoms with van der Waals surface area (Å²) in [7, 11) is 0. The Kier molecular flexibility index (Phi) is 4.16. The molecule has 0 bridgehead atoms. The van der Waals surface area contributed by atoms with E-state index in [1.54, 1.807) is 6.92 Å². The number of rotatable bonds is 3. The Bertz CT molecular complexity index is 347. The summed E-state index contributed by atoms with van der Waals surface area (Å²) in [4.78, 5) is 11.1. The van der Waals surface area contributed by atoms with Crippen LogP contribution in [0, 0.1) is 13.8 Å². The third-order valence-corrected chi connectivity index (χ3v) is 2.20. The maximum atomic E-state index is 11.1. The number of benzene rings is 1. The smallest absolute Gasteiger partial charge is 0.407 e. The van der Waals surface area contributed by atoms with E-state index in [1.807, 2.05) is 13.8 Å². The zero-order valence-corrected chi connectivity index (χ0v) is 9.46. The third-order valence-electron chi connectivity index (χ3n) is 2.20. The molecule has 3 nitrogen and oxygen atoms in total. The minimum absolute atomic E-state index is 0.363. The van der Waals surface area contributed by atoms with Crippen LogP contribution in [0.3, 0.4) is 0 Å². The molecule has 0 atom stereocenters. The Morgan fingerprint density at radius 1 is 1.40 bits per heavy atom. The van der Waals surface area contributed by atoms with Crippen LogP contribution < -0.4 is 5.32 Å². The van der Waals surface area contributed by atoms with Crippen molar-refractivity contribution in [1.29, 1.82) is 0 Å². The van der Waals surface area contributed by atoms with Gasteiger partial charge in [0.05, 0.1) is 6.61 Å². The van der Waals surface area contributed by atoms with Crippen molar-refractivity contribution in [3.8, 4) is 0 Å². The van der Waals surface area contributed by atoms with Gasteiger partial charge >= 0.3 is 6.09 Å². The van der Waals surface area contributed by atoms with E-state index in [0.717, 1.165) is 5.56 Å². The second-order valence-corrected chi connectivity index (χ2v) is 3.50. The van der Waals surface area contributed by atoms with Gasteiger partial charge in [-0.15, -0.1) is 0 Å². The zero-order chi connectivity index (χ0) is 11.3. The van der Waals surface area contributed by atoms with Gasteiger partial charge in [0, 0.05) is 6.54 Å². The summed E-state index contributed by atoms with van der Waals surface area (Å²) < 4.78 is 4.78. The van der Waals surface area contributed by atoms with Gasteiger partial charge in [-0.25, -0.2) is 4.79 Å². The van der Waals surface area contributed by atoms with Crippen LogP contribution in [-0.4, -0.2) is 12.7 Å². The van der Waals surface area contributed by atoms with E-state index in [-0.39, 0.29) is 6.09 Å². The van der Waals surface area contributed by atoms with Crippen LogP contribution in [0.4, 0.5) is 4.79 Å². The molecular weight excluding hydrogens is 190 g/mol. The van der Waals surface area contributed by atoms with E-state index in [9.17, 15) is 4.79 Å². The minimum atomic E-state index is -0.363. The van der Waals surface area contributed by atoms with E-state index in [0.29, 0.717) is 13.2 Å². The van der Waals surface area contributed by atoms with Crippen LogP contribution in [-0.2, 0) is 11.3 Å². The van der Waals surface area contributed by atoms with Crippen LogP contribution in [0.25, 0.3) is 0 Å². The van der Waals surface area contributed by atoms with Crippen molar-refractivity contribution in [2.24, 2.45) is 0 Å². The summed E-state index contributed by atoms with van der Waals surface area (Å²) in [5, 5.41) is 2.71. The largest absolute Gasteiger partial charge is 0.450 e. The number of aryl methyl sites for hydroxylation is 2. The highest BCUT2D eigenvalue weighted by Crippen LogP contribution is 2.10. The van der Waals surface area contributed by atoms with Gasteiger partial charge in [0.15, 0.2) is 0 Å². The molecule has 15 heavy (non-hydrogen) atoms. The summed E-state index contributed by atoms with van der Waals surface area (Å²) >= 11 is 0. The SMILES string of the molecule is CCOC(=O)NCc1cc(C)ccc1C. The molecule has 0 aromatic heterocycles. The highest BCUT2D eigenvalue weighted by molar-refractivity contribution is 5.67. The molecule has 0 aliphatic rings. The topological polar surface area (TPSA) is 38.3 Å². The molecule has 0 spiro atoms. The number of hydrogen-bond donors (Lipinski definition) is 1. The quantitative estimate of drug-likeness (QED) is 0.827. The van der Waals surface area contributed by atoms with Crippen LogP contribution in [0.5, 0.6) is 0 Å². The predicted octanol–water partition coefficient (Wildman–Crippen LogP) is 2.55. The minimum Gasteiger partial charge on any atom is -0.450 e. The van der Waals surface area contributed by atoms with Crippen LogP contribution in [0.15, 0.2) is 18.2 Å². The van der Waals surface area contributed by atoms with Gasteiger partial charge < -0.3 is 10.1 Å². The fourth-order valence-corrected chi connectivity index (χ4v) is 1.34. The van der Waals surface area contributed by atoms with Gasteiger partial charge in [0.1, 0.15) is 0 Å². The number of carbonyl (C=O) groups excluding carboxylic acids is 1. The molecule has 0 aliphatic heterocycles. The van der Waals surface area contributed by atoms with Crippen molar-refractivity contribution in [2.45, 2.75) is 27.3 Å². The standard InChI is InChI=1S/C12H17NO2/c1-4-15-12(14)13-8-11-7-9(2)5-6-10(11)3/h5-7H,4,8H2,1-3H3,(H,13,14). The van der Waals surface area contributed by atoms with Crippen LogP contribution >= 0.6 is 0 Å². The van der Waals surface area contributed by atoms with Crippen molar-refractivity contribution >= 4 is 6.09 Å². The first-order valence-corrected chi connectivity index (χ1v) is 5.10. The van der Waals surface area contributed by atoms with Gasteiger partial charge in [0.25, 0.3) is 0 Å². The van der Waals surface area contributed by atoms with E-state index in [4.69, 9.17) is 4.74 Å². The Labute approximate surface area is 90.4 Å². The van der Waals surface area contributed by atoms with Gasteiger partial charge in [0.2, 0.25) is 0 Å². The normalized spacial score (nSPS) is 9.80. The number of carbonyl (C=O) groups is 1. The van der Waals surface area contributed by atoms with E-state index >= 15 is 0 Å². The molecule has 0 saturated heterocycles. The first kappa shape index (κ1) is 11.6.